The van der Waals surface area contributed by atoms with Gasteiger partial charge < -0.3 is 9.26 Å². The molecule has 1 aromatic heterocycles. The van der Waals surface area contributed by atoms with Crippen molar-refractivity contribution in [2.24, 2.45) is 0 Å². The summed E-state index contributed by atoms with van der Waals surface area (Å²) in [4.78, 5) is 16.5. The van der Waals surface area contributed by atoms with E-state index in [-0.39, 0.29) is 29.0 Å². The van der Waals surface area contributed by atoms with Crippen LogP contribution in [-0.2, 0) is 21.4 Å². The van der Waals surface area contributed by atoms with Gasteiger partial charge in [0.2, 0.25) is 15.8 Å². The van der Waals surface area contributed by atoms with Crippen LogP contribution in [0.1, 0.15) is 36.5 Å². The van der Waals surface area contributed by atoms with E-state index in [1.54, 1.807) is 6.92 Å². The zero-order valence-electron chi connectivity index (χ0n) is 16.3. The van der Waals surface area contributed by atoms with Gasteiger partial charge in [-0.25, -0.2) is 17.9 Å². The molecule has 0 spiro atoms. The van der Waals surface area contributed by atoms with E-state index in [9.17, 15) is 13.2 Å². The summed E-state index contributed by atoms with van der Waals surface area (Å²) >= 11 is 3.38. The minimum atomic E-state index is -3.63. The third-order valence-electron chi connectivity index (χ3n) is 4.25. The molecule has 30 heavy (non-hydrogen) atoms. The number of sulfonamides is 1. The molecule has 0 saturated heterocycles. The van der Waals surface area contributed by atoms with E-state index in [2.05, 4.69) is 30.8 Å². The second-order valence-electron chi connectivity index (χ2n) is 6.55. The first-order valence-electron chi connectivity index (χ1n) is 9.16. The fourth-order valence-corrected chi connectivity index (χ4v) is 4.18. The molecule has 158 valence electrons. The summed E-state index contributed by atoms with van der Waals surface area (Å²) in [6, 6.07) is 12.7. The van der Waals surface area contributed by atoms with Crippen LogP contribution in [0.3, 0.4) is 0 Å². The van der Waals surface area contributed by atoms with Gasteiger partial charge in [0.25, 0.3) is 5.89 Å². The number of halogens is 1. The number of esters is 1. The van der Waals surface area contributed by atoms with Crippen molar-refractivity contribution in [1.29, 1.82) is 0 Å². The molecule has 3 rings (SSSR count). The Labute approximate surface area is 182 Å². The second kappa shape index (κ2) is 9.50. The smallest absolute Gasteiger partial charge is 0.338 e. The molecule has 0 bridgehead atoms. The average Bonchev–Trinajstić information content (AvgIpc) is 3.21. The SMILES string of the molecule is CCC(C)NS(=O)(=O)c1ccc(C(=O)OCc2nc(-c3cccc(Br)c3)no2)cc1. The third-order valence-corrected chi connectivity index (χ3v) is 6.35. The summed E-state index contributed by atoms with van der Waals surface area (Å²) in [5, 5.41) is 3.88. The van der Waals surface area contributed by atoms with Gasteiger partial charge in [-0.15, -0.1) is 0 Å². The van der Waals surface area contributed by atoms with Gasteiger partial charge in [-0.3, -0.25) is 0 Å². The standard InChI is InChI=1S/C20H20BrN3O5S/c1-3-13(2)24-30(26,27)17-9-7-14(8-10-17)20(25)28-12-18-22-19(23-29-18)15-5-4-6-16(21)11-15/h4-11,13,24H,3,12H2,1-2H3. The molecule has 1 unspecified atom stereocenters. The monoisotopic (exact) mass is 493 g/mol. The number of hydrogen-bond acceptors (Lipinski definition) is 7. The minimum absolute atomic E-state index is 0.0786. The molecular formula is C20H20BrN3O5S. The molecule has 0 saturated carbocycles. The van der Waals surface area contributed by atoms with Crippen LogP contribution in [0, 0.1) is 0 Å². The average molecular weight is 494 g/mol. The molecular weight excluding hydrogens is 474 g/mol. The van der Waals surface area contributed by atoms with Gasteiger partial charge in [-0.05, 0) is 49.7 Å². The summed E-state index contributed by atoms with van der Waals surface area (Å²) in [5.41, 5.74) is 0.970. The Morgan fingerprint density at radius 2 is 1.97 bits per heavy atom. The highest BCUT2D eigenvalue weighted by Gasteiger charge is 2.18. The number of ether oxygens (including phenoxy) is 1. The lowest BCUT2D eigenvalue weighted by atomic mass is 10.2. The Kier molecular flexibility index (Phi) is 7.01. The first kappa shape index (κ1) is 22.1. The predicted octanol–water partition coefficient (Wildman–Crippen LogP) is 3.93. The number of carbonyl (C=O) groups excluding carboxylic acids is 1. The highest BCUT2D eigenvalue weighted by molar-refractivity contribution is 9.10. The first-order valence-corrected chi connectivity index (χ1v) is 11.4. The molecule has 0 aliphatic carbocycles. The zero-order chi connectivity index (χ0) is 21.7. The number of nitrogens with one attached hydrogen (secondary N) is 1. The molecule has 0 amide bonds. The maximum atomic E-state index is 12.3. The summed E-state index contributed by atoms with van der Waals surface area (Å²) in [6.07, 6.45) is 0.669. The highest BCUT2D eigenvalue weighted by Crippen LogP contribution is 2.20. The zero-order valence-corrected chi connectivity index (χ0v) is 18.7. The van der Waals surface area contributed by atoms with Gasteiger partial charge in [0.05, 0.1) is 10.5 Å². The third kappa shape index (κ3) is 5.53. The van der Waals surface area contributed by atoms with Crippen LogP contribution >= 0.6 is 15.9 Å². The second-order valence-corrected chi connectivity index (χ2v) is 9.18. The van der Waals surface area contributed by atoms with E-state index in [0.29, 0.717) is 12.2 Å². The van der Waals surface area contributed by atoms with Crippen molar-refractivity contribution in [2.75, 3.05) is 0 Å². The van der Waals surface area contributed by atoms with Crippen molar-refractivity contribution < 1.29 is 22.5 Å². The number of nitrogens with zero attached hydrogens (tertiary/aromatic N) is 2. The maximum Gasteiger partial charge on any atom is 0.338 e. The lowest BCUT2D eigenvalue weighted by Gasteiger charge is -2.12. The van der Waals surface area contributed by atoms with Gasteiger partial charge in [0, 0.05) is 16.1 Å². The van der Waals surface area contributed by atoms with Crippen molar-refractivity contribution in [3.05, 3.63) is 64.5 Å². The number of aromatic nitrogens is 2. The topological polar surface area (TPSA) is 111 Å². The van der Waals surface area contributed by atoms with Crippen molar-refractivity contribution in [3.63, 3.8) is 0 Å². The molecule has 10 heteroatoms. The van der Waals surface area contributed by atoms with Crippen LogP contribution in [0.5, 0.6) is 0 Å². The molecule has 2 aromatic carbocycles. The molecule has 3 aromatic rings. The van der Waals surface area contributed by atoms with Crippen molar-refractivity contribution in [3.8, 4) is 11.4 Å². The maximum absolute atomic E-state index is 12.3. The quantitative estimate of drug-likeness (QED) is 0.473. The van der Waals surface area contributed by atoms with Crippen LogP contribution in [0.15, 0.2) is 62.4 Å². The van der Waals surface area contributed by atoms with Crippen molar-refractivity contribution in [1.82, 2.24) is 14.9 Å². The Morgan fingerprint density at radius 1 is 1.23 bits per heavy atom. The van der Waals surface area contributed by atoms with Crippen LogP contribution in [0.25, 0.3) is 11.4 Å². The minimum Gasteiger partial charge on any atom is -0.452 e. The van der Waals surface area contributed by atoms with Crippen LogP contribution in [0.2, 0.25) is 0 Å². The molecule has 1 heterocycles. The molecule has 8 nitrogen and oxygen atoms in total. The molecule has 1 N–H and O–H groups in total. The van der Waals surface area contributed by atoms with E-state index in [4.69, 9.17) is 9.26 Å². The number of rotatable bonds is 8. The summed E-state index contributed by atoms with van der Waals surface area (Å²) in [5.74, 6) is -0.1000. The number of hydrogen-bond donors (Lipinski definition) is 1. The number of benzene rings is 2. The van der Waals surface area contributed by atoms with E-state index in [0.717, 1.165) is 10.0 Å². The van der Waals surface area contributed by atoms with E-state index in [1.807, 2.05) is 31.2 Å². The van der Waals surface area contributed by atoms with Gasteiger partial charge in [0.15, 0.2) is 6.61 Å². The summed E-state index contributed by atoms with van der Waals surface area (Å²) in [6.45, 7) is 3.47. The lowest BCUT2D eigenvalue weighted by molar-refractivity contribution is 0.0429. The van der Waals surface area contributed by atoms with E-state index in [1.165, 1.54) is 24.3 Å². The Hall–Kier alpha value is -2.56. The van der Waals surface area contributed by atoms with E-state index >= 15 is 0 Å². The van der Waals surface area contributed by atoms with Crippen molar-refractivity contribution >= 4 is 31.9 Å². The Morgan fingerprint density at radius 3 is 2.63 bits per heavy atom. The molecule has 0 aliphatic heterocycles. The van der Waals surface area contributed by atoms with Crippen molar-refractivity contribution in [2.45, 2.75) is 37.8 Å². The molecule has 1 atom stereocenters. The molecule has 0 radical (unpaired) electrons. The van der Waals surface area contributed by atoms with Gasteiger partial charge in [-0.1, -0.05) is 40.1 Å². The summed E-state index contributed by atoms with van der Waals surface area (Å²) in [7, 11) is -3.63. The predicted molar refractivity (Wildman–Crippen MR) is 113 cm³/mol. The molecule has 0 aliphatic rings. The molecule has 0 fully saturated rings. The normalized spacial score (nSPS) is 12.5. The van der Waals surface area contributed by atoms with Gasteiger partial charge in [-0.2, -0.15) is 4.98 Å². The van der Waals surface area contributed by atoms with Crippen LogP contribution < -0.4 is 4.72 Å². The Bertz CT molecular complexity index is 1130. The number of carbonyl (C=O) groups is 1. The van der Waals surface area contributed by atoms with E-state index < -0.39 is 16.0 Å². The van der Waals surface area contributed by atoms with Crippen LogP contribution in [0.4, 0.5) is 0 Å². The fraction of sp³-hybridized carbons (Fsp3) is 0.250. The van der Waals surface area contributed by atoms with Gasteiger partial charge >= 0.3 is 5.97 Å². The fourth-order valence-electron chi connectivity index (χ4n) is 2.46. The van der Waals surface area contributed by atoms with Gasteiger partial charge in [0.1, 0.15) is 0 Å². The highest BCUT2D eigenvalue weighted by atomic mass is 79.9. The van der Waals surface area contributed by atoms with Crippen LogP contribution in [-0.4, -0.2) is 30.6 Å². The first-order chi connectivity index (χ1) is 14.3. The lowest BCUT2D eigenvalue weighted by Crippen LogP contribution is -2.32. The largest absolute Gasteiger partial charge is 0.452 e. The Balaban J connectivity index is 1.62. The summed E-state index contributed by atoms with van der Waals surface area (Å²) < 4.78 is 38.3.